The van der Waals surface area contributed by atoms with Gasteiger partial charge in [0, 0.05) is 18.8 Å². The minimum absolute atomic E-state index is 0.618. The highest BCUT2D eigenvalue weighted by Gasteiger charge is 2.23. The summed E-state index contributed by atoms with van der Waals surface area (Å²) in [5.41, 5.74) is 3.47. The van der Waals surface area contributed by atoms with Crippen LogP contribution in [0.15, 0.2) is 24.4 Å². The highest BCUT2D eigenvalue weighted by atomic mass is 15.0. The molecule has 2 aromatic heterocycles. The number of hydrogen-bond donors (Lipinski definition) is 1. The van der Waals surface area contributed by atoms with E-state index >= 15 is 0 Å². The van der Waals surface area contributed by atoms with Gasteiger partial charge >= 0.3 is 0 Å². The largest absolute Gasteiger partial charge is 0.308 e. The Balaban J connectivity index is 1.75. The summed E-state index contributed by atoms with van der Waals surface area (Å²) >= 11 is 0. The molecule has 2 aromatic rings. The van der Waals surface area contributed by atoms with Gasteiger partial charge in [-0.1, -0.05) is 12.5 Å². The van der Waals surface area contributed by atoms with E-state index in [1.54, 1.807) is 0 Å². The summed E-state index contributed by atoms with van der Waals surface area (Å²) in [5, 5.41) is 3.66. The molecule has 1 fully saturated rings. The standard InChI is InChI=1S/C15H21N3/c1-11(13-6-5-7-13)16-10-14-12(2)17-15-8-3-4-9-18(14)15/h3-4,8-9,11,13,16H,5-7,10H2,1-2H3. The molecule has 0 spiro atoms. The van der Waals surface area contributed by atoms with Crippen LogP contribution >= 0.6 is 0 Å². The van der Waals surface area contributed by atoms with E-state index in [2.05, 4.69) is 46.9 Å². The maximum absolute atomic E-state index is 4.59. The average Bonchev–Trinajstić information content (AvgIpc) is 2.60. The Morgan fingerprint density at radius 2 is 2.28 bits per heavy atom. The van der Waals surface area contributed by atoms with Gasteiger partial charge in [0.2, 0.25) is 0 Å². The third-order valence-electron chi connectivity index (χ3n) is 4.28. The molecular formula is C15H21N3. The molecule has 3 heteroatoms. The first-order chi connectivity index (χ1) is 8.75. The molecule has 1 N–H and O–H groups in total. The monoisotopic (exact) mass is 243 g/mol. The van der Waals surface area contributed by atoms with E-state index < -0.39 is 0 Å². The van der Waals surface area contributed by atoms with E-state index in [0.29, 0.717) is 6.04 Å². The first-order valence-electron chi connectivity index (χ1n) is 6.91. The number of aryl methyl sites for hydroxylation is 1. The Morgan fingerprint density at radius 3 is 3.00 bits per heavy atom. The topological polar surface area (TPSA) is 29.3 Å². The van der Waals surface area contributed by atoms with Crippen LogP contribution < -0.4 is 5.32 Å². The van der Waals surface area contributed by atoms with E-state index in [-0.39, 0.29) is 0 Å². The first-order valence-corrected chi connectivity index (χ1v) is 6.91. The Kier molecular flexibility index (Phi) is 3.08. The summed E-state index contributed by atoms with van der Waals surface area (Å²) < 4.78 is 2.19. The molecule has 18 heavy (non-hydrogen) atoms. The molecule has 0 saturated heterocycles. The number of imidazole rings is 1. The van der Waals surface area contributed by atoms with Crippen molar-refractivity contribution in [2.45, 2.75) is 45.7 Å². The van der Waals surface area contributed by atoms with Crippen LogP contribution in [0.2, 0.25) is 0 Å². The van der Waals surface area contributed by atoms with E-state index in [9.17, 15) is 0 Å². The van der Waals surface area contributed by atoms with Crippen molar-refractivity contribution in [3.05, 3.63) is 35.8 Å². The Hall–Kier alpha value is -1.35. The highest BCUT2D eigenvalue weighted by Crippen LogP contribution is 2.29. The molecule has 0 aliphatic heterocycles. The minimum atomic E-state index is 0.618. The van der Waals surface area contributed by atoms with E-state index in [4.69, 9.17) is 0 Å². The van der Waals surface area contributed by atoms with Crippen molar-refractivity contribution in [1.29, 1.82) is 0 Å². The van der Waals surface area contributed by atoms with Crippen LogP contribution in [0.5, 0.6) is 0 Å². The maximum atomic E-state index is 4.59. The minimum Gasteiger partial charge on any atom is -0.308 e. The molecule has 2 heterocycles. The zero-order valence-electron chi connectivity index (χ0n) is 11.2. The summed E-state index contributed by atoms with van der Waals surface area (Å²) in [6, 6.07) is 6.78. The molecule has 1 aliphatic rings. The number of rotatable bonds is 4. The van der Waals surface area contributed by atoms with Crippen molar-refractivity contribution in [3.8, 4) is 0 Å². The van der Waals surface area contributed by atoms with Gasteiger partial charge in [-0.05, 0) is 44.7 Å². The fraction of sp³-hybridized carbons (Fsp3) is 0.533. The fourth-order valence-corrected chi connectivity index (χ4v) is 2.74. The molecule has 3 nitrogen and oxygen atoms in total. The normalized spacial score (nSPS) is 17.9. The lowest BCUT2D eigenvalue weighted by Gasteiger charge is -2.32. The molecule has 1 unspecified atom stereocenters. The molecule has 0 aromatic carbocycles. The van der Waals surface area contributed by atoms with E-state index in [1.807, 2.05) is 6.07 Å². The smallest absolute Gasteiger partial charge is 0.137 e. The van der Waals surface area contributed by atoms with Crippen molar-refractivity contribution in [2.24, 2.45) is 5.92 Å². The van der Waals surface area contributed by atoms with Gasteiger partial charge < -0.3 is 9.72 Å². The second-order valence-corrected chi connectivity index (χ2v) is 5.43. The van der Waals surface area contributed by atoms with Crippen LogP contribution in [0.1, 0.15) is 37.6 Å². The maximum Gasteiger partial charge on any atom is 0.137 e. The molecule has 3 rings (SSSR count). The average molecular weight is 243 g/mol. The zero-order chi connectivity index (χ0) is 12.5. The van der Waals surface area contributed by atoms with Gasteiger partial charge in [0.15, 0.2) is 0 Å². The SMILES string of the molecule is Cc1nc2ccccn2c1CNC(C)C1CCC1. The molecule has 1 aliphatic carbocycles. The Labute approximate surface area is 108 Å². The van der Waals surface area contributed by atoms with Gasteiger partial charge in [-0.2, -0.15) is 0 Å². The van der Waals surface area contributed by atoms with Crippen molar-refractivity contribution >= 4 is 5.65 Å². The van der Waals surface area contributed by atoms with Crippen molar-refractivity contribution in [2.75, 3.05) is 0 Å². The van der Waals surface area contributed by atoms with Crippen molar-refractivity contribution in [1.82, 2.24) is 14.7 Å². The number of nitrogens with one attached hydrogen (secondary N) is 1. The lowest BCUT2D eigenvalue weighted by atomic mass is 9.80. The Morgan fingerprint density at radius 1 is 1.44 bits per heavy atom. The summed E-state index contributed by atoms with van der Waals surface area (Å²) in [6.07, 6.45) is 6.28. The summed E-state index contributed by atoms with van der Waals surface area (Å²) in [7, 11) is 0. The molecule has 0 amide bonds. The number of nitrogens with zero attached hydrogens (tertiary/aromatic N) is 2. The molecular weight excluding hydrogens is 222 g/mol. The summed E-state index contributed by atoms with van der Waals surface area (Å²) in [6.45, 7) is 5.31. The van der Waals surface area contributed by atoms with Gasteiger partial charge in [-0.15, -0.1) is 0 Å². The molecule has 96 valence electrons. The van der Waals surface area contributed by atoms with Gasteiger partial charge in [0.05, 0.1) is 11.4 Å². The predicted octanol–water partition coefficient (Wildman–Crippen LogP) is 2.92. The summed E-state index contributed by atoms with van der Waals surface area (Å²) in [5.74, 6) is 0.879. The second-order valence-electron chi connectivity index (χ2n) is 5.43. The molecule has 1 atom stereocenters. The van der Waals surface area contributed by atoms with E-state index in [0.717, 1.165) is 23.8 Å². The van der Waals surface area contributed by atoms with Gasteiger partial charge in [0.1, 0.15) is 5.65 Å². The Bertz CT molecular complexity index is 540. The van der Waals surface area contributed by atoms with Crippen LogP contribution in [-0.2, 0) is 6.54 Å². The molecule has 0 radical (unpaired) electrons. The van der Waals surface area contributed by atoms with Crippen LogP contribution in [0, 0.1) is 12.8 Å². The van der Waals surface area contributed by atoms with Gasteiger partial charge in [-0.3, -0.25) is 0 Å². The number of hydrogen-bond acceptors (Lipinski definition) is 2. The van der Waals surface area contributed by atoms with Crippen molar-refractivity contribution in [3.63, 3.8) is 0 Å². The quantitative estimate of drug-likeness (QED) is 0.894. The molecule has 0 bridgehead atoms. The number of fused-ring (bicyclic) bond motifs is 1. The third-order valence-corrected chi connectivity index (χ3v) is 4.28. The van der Waals surface area contributed by atoms with E-state index in [1.165, 1.54) is 25.0 Å². The van der Waals surface area contributed by atoms with Crippen LogP contribution in [-0.4, -0.2) is 15.4 Å². The zero-order valence-corrected chi connectivity index (χ0v) is 11.2. The van der Waals surface area contributed by atoms with Gasteiger partial charge in [-0.25, -0.2) is 4.98 Å². The number of aromatic nitrogens is 2. The number of pyridine rings is 1. The first kappa shape index (κ1) is 11.7. The van der Waals surface area contributed by atoms with Crippen molar-refractivity contribution < 1.29 is 0 Å². The fourth-order valence-electron chi connectivity index (χ4n) is 2.74. The molecule has 1 saturated carbocycles. The van der Waals surface area contributed by atoms with Crippen LogP contribution in [0.3, 0.4) is 0 Å². The van der Waals surface area contributed by atoms with Crippen LogP contribution in [0.4, 0.5) is 0 Å². The lowest BCUT2D eigenvalue weighted by molar-refractivity contribution is 0.239. The summed E-state index contributed by atoms with van der Waals surface area (Å²) in [4.78, 5) is 4.59. The highest BCUT2D eigenvalue weighted by molar-refractivity contribution is 5.42. The lowest BCUT2D eigenvalue weighted by Crippen LogP contribution is -2.36. The second kappa shape index (κ2) is 4.73. The van der Waals surface area contributed by atoms with Crippen LogP contribution in [0.25, 0.3) is 5.65 Å². The third kappa shape index (κ3) is 2.03. The predicted molar refractivity (Wildman–Crippen MR) is 73.6 cm³/mol. The van der Waals surface area contributed by atoms with Gasteiger partial charge in [0.25, 0.3) is 0 Å².